The van der Waals surface area contributed by atoms with Gasteiger partial charge in [-0.1, -0.05) is 6.07 Å². The molecule has 0 spiro atoms. The second kappa shape index (κ2) is 8.75. The summed E-state index contributed by atoms with van der Waals surface area (Å²) in [5.74, 6) is 1.36. The van der Waals surface area contributed by atoms with E-state index in [0.717, 1.165) is 18.4 Å². The number of hydrogen-bond donors (Lipinski definition) is 1. The van der Waals surface area contributed by atoms with E-state index in [2.05, 4.69) is 10.2 Å². The molecule has 1 fully saturated rings. The number of benzene rings is 1. The molecule has 7 nitrogen and oxygen atoms in total. The van der Waals surface area contributed by atoms with Crippen LogP contribution in [-0.2, 0) is 4.84 Å². The minimum Gasteiger partial charge on any atom is -0.493 e. The Morgan fingerprint density at radius 2 is 2.04 bits per heavy atom. The van der Waals surface area contributed by atoms with Crippen molar-refractivity contribution in [1.82, 2.24) is 15.3 Å². The van der Waals surface area contributed by atoms with Gasteiger partial charge in [-0.25, -0.2) is 9.86 Å². The number of carbonyl (C=O) groups is 1. The fourth-order valence-corrected chi connectivity index (χ4v) is 2.69. The number of likely N-dealkylation sites (N-methyl/N-ethyl adjacent to an activating group) is 1. The van der Waals surface area contributed by atoms with E-state index < -0.39 is 0 Å². The molecule has 0 saturated carbocycles. The second-order valence-corrected chi connectivity index (χ2v) is 5.92. The molecular formula is C17H27N3O4. The molecule has 24 heavy (non-hydrogen) atoms. The smallest absolute Gasteiger partial charge is 0.341 e. The van der Waals surface area contributed by atoms with Gasteiger partial charge in [0.1, 0.15) is 0 Å². The Morgan fingerprint density at radius 1 is 1.29 bits per heavy atom. The van der Waals surface area contributed by atoms with Gasteiger partial charge in [-0.15, -0.1) is 0 Å². The number of methoxy groups -OCH3 is 2. The topological polar surface area (TPSA) is 63.3 Å². The highest BCUT2D eigenvalue weighted by atomic mass is 16.7. The minimum atomic E-state index is -0.193. The molecule has 2 rings (SSSR count). The van der Waals surface area contributed by atoms with Crippen LogP contribution in [0, 0.1) is 0 Å². The molecule has 1 aliphatic heterocycles. The predicted molar refractivity (Wildman–Crippen MR) is 91.3 cm³/mol. The lowest BCUT2D eigenvalue weighted by Gasteiger charge is -2.29. The predicted octanol–water partition coefficient (Wildman–Crippen LogP) is 2.04. The Morgan fingerprint density at radius 3 is 2.62 bits per heavy atom. The number of hydroxylamine groups is 2. The standard InChI is InChI=1S/C17H27N3O4/c1-19(2)14(12-18-17(21)20-9-5-6-10-24-20)13-7-8-15(22-3)16(11-13)23-4/h7-8,11,14H,5-6,9-10,12H2,1-4H3,(H,18,21)/t14-/m0/s1. The third-order valence-electron chi connectivity index (χ3n) is 4.09. The lowest BCUT2D eigenvalue weighted by atomic mass is 10.1. The van der Waals surface area contributed by atoms with Gasteiger partial charge >= 0.3 is 6.03 Å². The normalized spacial score (nSPS) is 16.0. The first-order valence-corrected chi connectivity index (χ1v) is 8.13. The van der Waals surface area contributed by atoms with E-state index in [-0.39, 0.29) is 12.1 Å². The Balaban J connectivity index is 2.05. The maximum absolute atomic E-state index is 12.2. The summed E-state index contributed by atoms with van der Waals surface area (Å²) in [6.45, 7) is 1.70. The number of amides is 2. The Labute approximate surface area is 143 Å². The van der Waals surface area contributed by atoms with Crippen LogP contribution in [0.25, 0.3) is 0 Å². The zero-order valence-corrected chi connectivity index (χ0v) is 14.9. The van der Waals surface area contributed by atoms with E-state index in [9.17, 15) is 4.79 Å². The van der Waals surface area contributed by atoms with Crippen LogP contribution in [0.3, 0.4) is 0 Å². The first-order valence-electron chi connectivity index (χ1n) is 8.13. The van der Waals surface area contributed by atoms with Crippen molar-refractivity contribution < 1.29 is 19.1 Å². The first kappa shape index (κ1) is 18.4. The molecule has 0 bridgehead atoms. The Bertz CT molecular complexity index is 545. The minimum absolute atomic E-state index is 0.0125. The average molecular weight is 337 g/mol. The number of urea groups is 1. The average Bonchev–Trinajstić information content (AvgIpc) is 2.61. The molecule has 134 valence electrons. The van der Waals surface area contributed by atoms with Gasteiger partial charge in [0, 0.05) is 6.54 Å². The second-order valence-electron chi connectivity index (χ2n) is 5.92. The van der Waals surface area contributed by atoms with Crippen molar-refractivity contribution >= 4 is 6.03 Å². The molecule has 2 amide bonds. The van der Waals surface area contributed by atoms with Gasteiger partial charge in [0.15, 0.2) is 11.5 Å². The molecule has 1 aliphatic rings. The highest BCUT2D eigenvalue weighted by molar-refractivity contribution is 5.73. The highest BCUT2D eigenvalue weighted by Gasteiger charge is 2.21. The Hall–Kier alpha value is -1.99. The van der Waals surface area contributed by atoms with Crippen LogP contribution in [0.1, 0.15) is 24.4 Å². The fraction of sp³-hybridized carbons (Fsp3) is 0.588. The molecule has 1 aromatic carbocycles. The van der Waals surface area contributed by atoms with E-state index in [1.165, 1.54) is 5.06 Å². The van der Waals surface area contributed by atoms with Crippen molar-refractivity contribution in [3.8, 4) is 11.5 Å². The number of rotatable bonds is 6. The molecule has 7 heteroatoms. The molecule has 1 heterocycles. The van der Waals surface area contributed by atoms with Crippen LogP contribution in [0.5, 0.6) is 11.5 Å². The summed E-state index contributed by atoms with van der Waals surface area (Å²) < 4.78 is 10.6. The molecule has 0 unspecified atom stereocenters. The maximum atomic E-state index is 12.2. The molecule has 0 aromatic heterocycles. The van der Waals surface area contributed by atoms with Crippen molar-refractivity contribution in [2.75, 3.05) is 48.0 Å². The number of ether oxygens (including phenoxy) is 2. The van der Waals surface area contributed by atoms with Gasteiger partial charge in [0.25, 0.3) is 0 Å². The molecule has 1 N–H and O–H groups in total. The van der Waals surface area contributed by atoms with E-state index in [4.69, 9.17) is 14.3 Å². The number of nitrogens with zero attached hydrogens (tertiary/aromatic N) is 2. The zero-order chi connectivity index (χ0) is 17.5. The number of carbonyl (C=O) groups excluding carboxylic acids is 1. The van der Waals surface area contributed by atoms with Gasteiger partial charge in [0.05, 0.1) is 33.4 Å². The molecule has 1 aromatic rings. The van der Waals surface area contributed by atoms with Gasteiger partial charge in [0.2, 0.25) is 0 Å². The van der Waals surface area contributed by atoms with E-state index in [0.29, 0.717) is 31.2 Å². The number of hydrogen-bond acceptors (Lipinski definition) is 5. The van der Waals surface area contributed by atoms with Gasteiger partial charge in [-0.3, -0.25) is 4.84 Å². The SMILES string of the molecule is COc1ccc([C@H](CNC(=O)N2CCCCO2)N(C)C)cc1OC. The summed E-state index contributed by atoms with van der Waals surface area (Å²) in [5.41, 5.74) is 1.04. The van der Waals surface area contributed by atoms with Gasteiger partial charge < -0.3 is 19.7 Å². The van der Waals surface area contributed by atoms with Crippen LogP contribution in [0.4, 0.5) is 4.79 Å². The van der Waals surface area contributed by atoms with Crippen molar-refractivity contribution in [3.63, 3.8) is 0 Å². The van der Waals surface area contributed by atoms with E-state index in [1.807, 2.05) is 32.3 Å². The Kier molecular flexibility index (Phi) is 6.69. The molecule has 1 saturated heterocycles. The maximum Gasteiger partial charge on any atom is 0.341 e. The van der Waals surface area contributed by atoms with E-state index in [1.54, 1.807) is 14.2 Å². The largest absolute Gasteiger partial charge is 0.493 e. The lowest BCUT2D eigenvalue weighted by molar-refractivity contribution is -0.139. The number of nitrogens with one attached hydrogen (secondary N) is 1. The third kappa shape index (κ3) is 4.52. The fourth-order valence-electron chi connectivity index (χ4n) is 2.69. The first-order chi connectivity index (χ1) is 11.6. The molecule has 0 radical (unpaired) electrons. The van der Waals surface area contributed by atoms with Crippen molar-refractivity contribution in [1.29, 1.82) is 0 Å². The summed E-state index contributed by atoms with van der Waals surface area (Å²) in [6.07, 6.45) is 1.97. The van der Waals surface area contributed by atoms with Crippen molar-refractivity contribution in [2.24, 2.45) is 0 Å². The molecule has 0 aliphatic carbocycles. The van der Waals surface area contributed by atoms with Crippen LogP contribution in [-0.4, -0.2) is 64.0 Å². The van der Waals surface area contributed by atoms with Gasteiger partial charge in [-0.05, 0) is 44.6 Å². The van der Waals surface area contributed by atoms with Crippen LogP contribution >= 0.6 is 0 Å². The van der Waals surface area contributed by atoms with Crippen molar-refractivity contribution in [3.05, 3.63) is 23.8 Å². The van der Waals surface area contributed by atoms with Crippen LogP contribution in [0.2, 0.25) is 0 Å². The van der Waals surface area contributed by atoms with Crippen LogP contribution < -0.4 is 14.8 Å². The summed E-state index contributed by atoms with van der Waals surface area (Å²) in [4.78, 5) is 19.6. The summed E-state index contributed by atoms with van der Waals surface area (Å²) in [6, 6.07) is 5.61. The lowest BCUT2D eigenvalue weighted by Crippen LogP contribution is -2.45. The summed E-state index contributed by atoms with van der Waals surface area (Å²) in [7, 11) is 7.18. The molecule has 1 atom stereocenters. The summed E-state index contributed by atoms with van der Waals surface area (Å²) in [5, 5.41) is 4.35. The third-order valence-corrected chi connectivity index (χ3v) is 4.09. The summed E-state index contributed by atoms with van der Waals surface area (Å²) >= 11 is 0. The highest BCUT2D eigenvalue weighted by Crippen LogP contribution is 2.31. The quantitative estimate of drug-likeness (QED) is 0.861. The van der Waals surface area contributed by atoms with E-state index >= 15 is 0 Å². The monoisotopic (exact) mass is 337 g/mol. The van der Waals surface area contributed by atoms with Crippen LogP contribution in [0.15, 0.2) is 18.2 Å². The zero-order valence-electron chi connectivity index (χ0n) is 14.9. The van der Waals surface area contributed by atoms with Gasteiger partial charge in [-0.2, -0.15) is 0 Å². The molecular weight excluding hydrogens is 310 g/mol. The van der Waals surface area contributed by atoms with Crippen molar-refractivity contribution in [2.45, 2.75) is 18.9 Å².